The Morgan fingerprint density at radius 3 is 2.53 bits per heavy atom. The van der Waals surface area contributed by atoms with Crippen LogP contribution in [0.15, 0.2) is 42.5 Å². The van der Waals surface area contributed by atoms with Crippen molar-refractivity contribution in [2.45, 2.75) is 71.8 Å². The predicted molar refractivity (Wildman–Crippen MR) is 134 cm³/mol. The van der Waals surface area contributed by atoms with E-state index in [-0.39, 0.29) is 0 Å². The van der Waals surface area contributed by atoms with Crippen LogP contribution in [0.3, 0.4) is 0 Å². The molecule has 2 aromatic carbocycles. The van der Waals surface area contributed by atoms with Crippen molar-refractivity contribution in [3.05, 3.63) is 59.4 Å². The summed E-state index contributed by atoms with van der Waals surface area (Å²) in [6.45, 7) is 11.8. The molecule has 1 aromatic heterocycles. The number of benzene rings is 2. The highest BCUT2D eigenvalue weighted by atomic mass is 16.5. The highest BCUT2D eigenvalue weighted by Crippen LogP contribution is 2.27. The highest BCUT2D eigenvalue weighted by molar-refractivity contribution is 5.75. The first-order chi connectivity index (χ1) is 15.6. The van der Waals surface area contributed by atoms with Gasteiger partial charge < -0.3 is 14.2 Å². The molecule has 0 radical (unpaired) electrons. The van der Waals surface area contributed by atoms with Crippen molar-refractivity contribution in [1.29, 1.82) is 0 Å². The molecule has 0 unspecified atom stereocenters. The SMILES string of the molecule is Cc1ccc(C(C)C)c(OCCn2c(CCCN3CCCCCC3)nc3ccccc32)c1. The second-order valence-corrected chi connectivity index (χ2v) is 9.57. The quantitative estimate of drug-likeness (QED) is 0.393. The van der Waals surface area contributed by atoms with Crippen LogP contribution in [0.25, 0.3) is 11.0 Å². The van der Waals surface area contributed by atoms with Crippen molar-refractivity contribution in [3.63, 3.8) is 0 Å². The molecule has 0 N–H and O–H groups in total. The largest absolute Gasteiger partial charge is 0.491 e. The van der Waals surface area contributed by atoms with Gasteiger partial charge in [-0.1, -0.05) is 51.0 Å². The summed E-state index contributed by atoms with van der Waals surface area (Å²) < 4.78 is 8.69. The Morgan fingerprint density at radius 2 is 1.75 bits per heavy atom. The van der Waals surface area contributed by atoms with Crippen LogP contribution in [-0.2, 0) is 13.0 Å². The van der Waals surface area contributed by atoms with Gasteiger partial charge in [-0.15, -0.1) is 0 Å². The van der Waals surface area contributed by atoms with Crippen LogP contribution in [0.4, 0.5) is 0 Å². The first kappa shape index (κ1) is 22.8. The van der Waals surface area contributed by atoms with Crippen LogP contribution in [0.1, 0.15) is 68.8 Å². The van der Waals surface area contributed by atoms with Crippen LogP contribution in [0.5, 0.6) is 5.75 Å². The van der Waals surface area contributed by atoms with Gasteiger partial charge in [0.1, 0.15) is 18.2 Å². The Morgan fingerprint density at radius 1 is 0.969 bits per heavy atom. The number of aromatic nitrogens is 2. The van der Waals surface area contributed by atoms with Crippen LogP contribution in [0.2, 0.25) is 0 Å². The monoisotopic (exact) mass is 433 g/mol. The smallest absolute Gasteiger partial charge is 0.123 e. The third-order valence-electron chi connectivity index (χ3n) is 6.67. The summed E-state index contributed by atoms with van der Waals surface area (Å²) in [4.78, 5) is 7.64. The lowest BCUT2D eigenvalue weighted by Crippen LogP contribution is -2.26. The molecule has 1 aliphatic heterocycles. The number of nitrogens with zero attached hydrogens (tertiary/aromatic N) is 3. The Kier molecular flexibility index (Phi) is 7.85. The van der Waals surface area contributed by atoms with Crippen LogP contribution < -0.4 is 4.74 Å². The van der Waals surface area contributed by atoms with Gasteiger partial charge in [0, 0.05) is 6.42 Å². The standard InChI is InChI=1S/C28H39N3O/c1-22(2)24-15-14-23(3)21-27(24)32-20-19-31-26-12-7-6-11-25(26)29-28(31)13-10-18-30-16-8-4-5-9-17-30/h6-7,11-12,14-15,21-22H,4-5,8-10,13,16-20H2,1-3H3. The molecule has 0 saturated carbocycles. The Labute approximate surface area is 193 Å². The zero-order valence-corrected chi connectivity index (χ0v) is 20.1. The molecule has 4 nitrogen and oxygen atoms in total. The van der Waals surface area contributed by atoms with Gasteiger partial charge in [0.25, 0.3) is 0 Å². The minimum Gasteiger partial charge on any atom is -0.491 e. The number of likely N-dealkylation sites (tertiary alicyclic amines) is 1. The van der Waals surface area contributed by atoms with Crippen molar-refractivity contribution < 1.29 is 4.74 Å². The highest BCUT2D eigenvalue weighted by Gasteiger charge is 2.14. The van der Waals surface area contributed by atoms with Crippen molar-refractivity contribution >= 4 is 11.0 Å². The second-order valence-electron chi connectivity index (χ2n) is 9.57. The Hall–Kier alpha value is -2.33. The van der Waals surface area contributed by atoms with Gasteiger partial charge in [0.05, 0.1) is 17.6 Å². The molecule has 4 rings (SSSR count). The van der Waals surface area contributed by atoms with Gasteiger partial charge in [-0.2, -0.15) is 0 Å². The van der Waals surface area contributed by atoms with E-state index in [0.29, 0.717) is 12.5 Å². The van der Waals surface area contributed by atoms with E-state index in [4.69, 9.17) is 9.72 Å². The lowest BCUT2D eigenvalue weighted by atomic mass is 10.0. The number of fused-ring (bicyclic) bond motifs is 1. The maximum atomic E-state index is 6.31. The molecule has 4 heteroatoms. The lowest BCUT2D eigenvalue weighted by Gasteiger charge is -2.19. The molecule has 0 atom stereocenters. The molecular formula is C28H39N3O. The summed E-state index contributed by atoms with van der Waals surface area (Å²) in [6.07, 6.45) is 7.68. The lowest BCUT2D eigenvalue weighted by molar-refractivity contribution is 0.278. The van der Waals surface area contributed by atoms with Crippen LogP contribution >= 0.6 is 0 Å². The second kappa shape index (κ2) is 11.0. The third-order valence-corrected chi connectivity index (χ3v) is 6.67. The van der Waals surface area contributed by atoms with Gasteiger partial charge in [-0.05, 0) is 81.1 Å². The summed E-state index contributed by atoms with van der Waals surface area (Å²) in [5, 5.41) is 0. The number of imidazole rings is 1. The summed E-state index contributed by atoms with van der Waals surface area (Å²) in [5.41, 5.74) is 4.83. The normalized spacial score (nSPS) is 15.4. The average Bonchev–Trinajstić information content (AvgIpc) is 2.93. The van der Waals surface area contributed by atoms with Crippen molar-refractivity contribution in [3.8, 4) is 5.75 Å². The van der Waals surface area contributed by atoms with E-state index in [9.17, 15) is 0 Å². The van der Waals surface area contributed by atoms with Gasteiger partial charge in [-0.3, -0.25) is 0 Å². The number of hydrogen-bond donors (Lipinski definition) is 0. The molecule has 3 aromatic rings. The van der Waals surface area contributed by atoms with Crippen LogP contribution in [-0.4, -0.2) is 40.7 Å². The fourth-order valence-electron chi connectivity index (χ4n) is 4.88. The van der Waals surface area contributed by atoms with Crippen molar-refractivity contribution in [2.75, 3.05) is 26.2 Å². The van der Waals surface area contributed by atoms with E-state index in [1.807, 2.05) is 0 Å². The molecule has 172 valence electrons. The molecular weight excluding hydrogens is 394 g/mol. The summed E-state index contributed by atoms with van der Waals surface area (Å²) >= 11 is 0. The predicted octanol–water partition coefficient (Wildman–Crippen LogP) is 6.36. The average molecular weight is 434 g/mol. The summed E-state index contributed by atoms with van der Waals surface area (Å²) in [7, 11) is 0. The number of para-hydroxylation sites is 2. The van der Waals surface area contributed by atoms with E-state index >= 15 is 0 Å². The van der Waals surface area contributed by atoms with Gasteiger partial charge >= 0.3 is 0 Å². The number of hydrogen-bond acceptors (Lipinski definition) is 3. The van der Waals surface area contributed by atoms with Crippen molar-refractivity contribution in [1.82, 2.24) is 14.5 Å². The maximum Gasteiger partial charge on any atom is 0.123 e. The molecule has 2 heterocycles. The van der Waals surface area contributed by atoms with E-state index in [0.717, 1.165) is 24.2 Å². The van der Waals surface area contributed by atoms with E-state index in [2.05, 4.69) is 72.7 Å². The Balaban J connectivity index is 1.43. The topological polar surface area (TPSA) is 30.3 Å². The molecule has 1 saturated heterocycles. The van der Waals surface area contributed by atoms with E-state index in [1.165, 1.54) is 74.2 Å². The molecule has 32 heavy (non-hydrogen) atoms. The molecule has 1 fully saturated rings. The first-order valence-corrected chi connectivity index (χ1v) is 12.5. The summed E-state index contributed by atoms with van der Waals surface area (Å²) in [5.74, 6) is 2.67. The fraction of sp³-hybridized carbons (Fsp3) is 0.536. The van der Waals surface area contributed by atoms with Gasteiger partial charge in [0.15, 0.2) is 0 Å². The summed E-state index contributed by atoms with van der Waals surface area (Å²) in [6, 6.07) is 15.1. The molecule has 0 aliphatic carbocycles. The zero-order valence-electron chi connectivity index (χ0n) is 20.1. The number of aryl methyl sites for hydroxylation is 2. The van der Waals surface area contributed by atoms with Gasteiger partial charge in [-0.25, -0.2) is 4.98 Å². The molecule has 0 spiro atoms. The number of ether oxygens (including phenoxy) is 1. The minimum atomic E-state index is 0.453. The van der Waals surface area contributed by atoms with E-state index in [1.54, 1.807) is 0 Å². The molecule has 1 aliphatic rings. The van der Waals surface area contributed by atoms with Crippen molar-refractivity contribution in [2.24, 2.45) is 0 Å². The maximum absolute atomic E-state index is 6.31. The molecule has 0 amide bonds. The zero-order chi connectivity index (χ0) is 22.3. The number of rotatable bonds is 9. The van der Waals surface area contributed by atoms with E-state index < -0.39 is 0 Å². The van der Waals surface area contributed by atoms with Crippen LogP contribution in [0, 0.1) is 6.92 Å². The third kappa shape index (κ3) is 5.72. The minimum absolute atomic E-state index is 0.453. The Bertz CT molecular complexity index is 999. The fourth-order valence-corrected chi connectivity index (χ4v) is 4.88. The van der Waals surface area contributed by atoms with Gasteiger partial charge in [0.2, 0.25) is 0 Å². The molecule has 0 bridgehead atoms. The first-order valence-electron chi connectivity index (χ1n) is 12.5.